The van der Waals surface area contributed by atoms with E-state index in [0.29, 0.717) is 14.2 Å². The van der Waals surface area contributed by atoms with E-state index in [1.54, 1.807) is 0 Å². The predicted octanol–water partition coefficient (Wildman–Crippen LogP) is 3.34. The summed E-state index contributed by atoms with van der Waals surface area (Å²) >= 11 is 13.0. The van der Waals surface area contributed by atoms with Crippen molar-refractivity contribution in [3.63, 3.8) is 0 Å². The van der Waals surface area contributed by atoms with E-state index in [1.165, 1.54) is 11.0 Å². The van der Waals surface area contributed by atoms with Crippen molar-refractivity contribution in [1.29, 1.82) is 0 Å². The van der Waals surface area contributed by atoms with Crippen LogP contribution in [0.3, 0.4) is 0 Å². The molecule has 0 fully saturated rings. The van der Waals surface area contributed by atoms with E-state index in [1.807, 2.05) is 20.8 Å². The molecule has 0 bridgehead atoms. The number of nitrogens with zero attached hydrogens (tertiary/aromatic N) is 1. The lowest BCUT2D eigenvalue weighted by atomic mass is 10.1. The molecule has 114 valence electrons. The monoisotopic (exact) mass is 357 g/mol. The van der Waals surface area contributed by atoms with Crippen LogP contribution in [-0.4, -0.2) is 43.3 Å². The summed E-state index contributed by atoms with van der Waals surface area (Å²) in [6.07, 6.45) is 1.15. The minimum atomic E-state index is -3.15. The minimum absolute atomic E-state index is 0.0918. The number of hydrogen-bond acceptors (Lipinski definition) is 4. The van der Waals surface area contributed by atoms with Crippen molar-refractivity contribution in [2.75, 3.05) is 18.6 Å². The molecule has 4 nitrogen and oxygen atoms in total. The van der Waals surface area contributed by atoms with Gasteiger partial charge in [0, 0.05) is 18.3 Å². The van der Waals surface area contributed by atoms with Crippen LogP contribution < -0.4 is 0 Å². The highest BCUT2D eigenvalue weighted by Gasteiger charge is 2.30. The number of carbonyl (C=O) groups excluding carboxylic acids is 1. The van der Waals surface area contributed by atoms with Crippen LogP contribution in [0, 0.1) is 0 Å². The first-order chi connectivity index (χ1) is 8.92. The molecule has 0 saturated carbocycles. The first-order valence-electron chi connectivity index (χ1n) is 5.86. The second-order valence-corrected chi connectivity index (χ2v) is 10.0. The van der Waals surface area contributed by atoms with Gasteiger partial charge < -0.3 is 4.90 Å². The summed E-state index contributed by atoms with van der Waals surface area (Å²) in [7, 11) is -3.15. The van der Waals surface area contributed by atoms with E-state index in [2.05, 4.69) is 0 Å². The minimum Gasteiger partial charge on any atom is -0.333 e. The Hall–Kier alpha value is -0.300. The van der Waals surface area contributed by atoms with Gasteiger partial charge in [-0.1, -0.05) is 23.2 Å². The van der Waals surface area contributed by atoms with Gasteiger partial charge in [-0.2, -0.15) is 0 Å². The molecule has 1 rings (SSSR count). The lowest BCUT2D eigenvalue weighted by Gasteiger charge is -2.35. The van der Waals surface area contributed by atoms with Crippen molar-refractivity contribution in [2.45, 2.75) is 26.3 Å². The van der Waals surface area contributed by atoms with Crippen molar-refractivity contribution in [3.8, 4) is 0 Å². The molecule has 0 aromatic carbocycles. The Morgan fingerprint density at radius 2 is 1.90 bits per heavy atom. The summed E-state index contributed by atoms with van der Waals surface area (Å²) in [5.41, 5.74) is -0.204. The summed E-state index contributed by atoms with van der Waals surface area (Å²) in [6.45, 7) is 5.64. The second-order valence-electron chi connectivity index (χ2n) is 5.50. The van der Waals surface area contributed by atoms with Gasteiger partial charge in [-0.05, 0) is 26.8 Å². The highest BCUT2D eigenvalue weighted by molar-refractivity contribution is 7.90. The topological polar surface area (TPSA) is 54.5 Å². The van der Waals surface area contributed by atoms with Gasteiger partial charge in [-0.25, -0.2) is 8.42 Å². The molecular formula is C12H17Cl2NO3S2. The van der Waals surface area contributed by atoms with Crippen LogP contribution in [0.2, 0.25) is 8.67 Å². The maximum atomic E-state index is 12.5. The largest absolute Gasteiger partial charge is 0.333 e. The van der Waals surface area contributed by atoms with Gasteiger partial charge >= 0.3 is 0 Å². The average molecular weight is 358 g/mol. The van der Waals surface area contributed by atoms with Crippen molar-refractivity contribution >= 4 is 50.3 Å². The van der Waals surface area contributed by atoms with Gasteiger partial charge in [0.15, 0.2) is 0 Å². The molecule has 1 aromatic heterocycles. The first-order valence-corrected chi connectivity index (χ1v) is 9.49. The molecule has 0 unspecified atom stereocenters. The molecule has 0 aliphatic heterocycles. The Morgan fingerprint density at radius 1 is 1.35 bits per heavy atom. The smallest absolute Gasteiger partial charge is 0.256 e. The molecule has 1 heterocycles. The van der Waals surface area contributed by atoms with Gasteiger partial charge in [0.2, 0.25) is 0 Å². The van der Waals surface area contributed by atoms with E-state index >= 15 is 0 Å². The average Bonchev–Trinajstić information content (AvgIpc) is 2.53. The first kappa shape index (κ1) is 17.8. The zero-order valence-electron chi connectivity index (χ0n) is 11.7. The summed E-state index contributed by atoms with van der Waals surface area (Å²) in [4.78, 5) is 14.0. The summed E-state index contributed by atoms with van der Waals surface area (Å²) < 4.78 is 23.4. The van der Waals surface area contributed by atoms with Crippen LogP contribution in [0.15, 0.2) is 6.07 Å². The van der Waals surface area contributed by atoms with Gasteiger partial charge in [0.1, 0.15) is 14.2 Å². The van der Waals surface area contributed by atoms with E-state index in [9.17, 15) is 13.2 Å². The van der Waals surface area contributed by atoms with Crippen LogP contribution in [0.1, 0.15) is 31.1 Å². The molecule has 0 N–H and O–H groups in total. The quantitative estimate of drug-likeness (QED) is 0.830. The number of halogens is 2. The molecule has 0 radical (unpaired) electrons. The standard InChI is InChI=1S/C12H17Cl2NO3S2/c1-12(2,3)15(5-6-20(4,17)18)11(16)8-7-9(13)19-10(8)14/h7H,5-6H2,1-4H3. The lowest BCUT2D eigenvalue weighted by molar-refractivity contribution is 0.0602. The molecule has 0 saturated heterocycles. The molecule has 0 atom stereocenters. The third-order valence-electron chi connectivity index (χ3n) is 2.63. The van der Waals surface area contributed by atoms with Gasteiger partial charge in [-0.15, -0.1) is 11.3 Å². The summed E-state index contributed by atoms with van der Waals surface area (Å²) in [5, 5.41) is 0. The van der Waals surface area contributed by atoms with Crippen molar-refractivity contribution < 1.29 is 13.2 Å². The highest BCUT2D eigenvalue weighted by atomic mass is 35.5. The maximum Gasteiger partial charge on any atom is 0.256 e. The zero-order chi connectivity index (χ0) is 15.7. The van der Waals surface area contributed by atoms with Crippen LogP contribution in [0.4, 0.5) is 0 Å². The predicted molar refractivity (Wildman–Crippen MR) is 84.8 cm³/mol. The SMILES string of the molecule is CC(C)(C)N(CCS(C)(=O)=O)C(=O)c1cc(Cl)sc1Cl. The Kier molecular flexibility index (Phi) is 5.52. The molecule has 1 amide bonds. The Balaban J connectivity index is 3.06. The molecule has 1 aromatic rings. The number of hydrogen-bond donors (Lipinski definition) is 0. The second kappa shape index (κ2) is 6.22. The fourth-order valence-electron chi connectivity index (χ4n) is 1.63. The molecule has 20 heavy (non-hydrogen) atoms. The number of carbonyl (C=O) groups is 1. The Labute approximate surface area is 133 Å². The number of amides is 1. The molecule has 0 aliphatic carbocycles. The molecular weight excluding hydrogens is 341 g/mol. The third-order valence-corrected chi connectivity index (χ3v) is 5.04. The van der Waals surface area contributed by atoms with Crippen molar-refractivity contribution in [2.24, 2.45) is 0 Å². The fourth-order valence-corrected chi connectivity index (χ4v) is 3.59. The zero-order valence-corrected chi connectivity index (χ0v) is 14.9. The summed E-state index contributed by atoms with van der Waals surface area (Å²) in [5.74, 6) is -0.403. The van der Waals surface area contributed by atoms with Crippen LogP contribution >= 0.6 is 34.5 Å². The van der Waals surface area contributed by atoms with E-state index < -0.39 is 15.4 Å². The van der Waals surface area contributed by atoms with Crippen LogP contribution in [-0.2, 0) is 9.84 Å². The van der Waals surface area contributed by atoms with E-state index in [4.69, 9.17) is 23.2 Å². The molecule has 8 heteroatoms. The molecule has 0 spiro atoms. The maximum absolute atomic E-state index is 12.5. The van der Waals surface area contributed by atoms with Crippen LogP contribution in [0.5, 0.6) is 0 Å². The third kappa shape index (κ3) is 4.91. The van der Waals surface area contributed by atoms with Gasteiger partial charge in [0.05, 0.1) is 15.7 Å². The molecule has 0 aliphatic rings. The highest BCUT2D eigenvalue weighted by Crippen LogP contribution is 2.33. The summed E-state index contributed by atoms with van der Waals surface area (Å²) in [6, 6.07) is 1.51. The van der Waals surface area contributed by atoms with Crippen molar-refractivity contribution in [1.82, 2.24) is 4.90 Å². The number of rotatable bonds is 4. The number of thiophene rings is 1. The van der Waals surface area contributed by atoms with E-state index in [-0.39, 0.29) is 18.2 Å². The number of sulfone groups is 1. The fraction of sp³-hybridized carbons (Fsp3) is 0.583. The van der Waals surface area contributed by atoms with Crippen LogP contribution in [0.25, 0.3) is 0 Å². The Morgan fingerprint density at radius 3 is 2.25 bits per heavy atom. The van der Waals surface area contributed by atoms with Gasteiger partial charge in [-0.3, -0.25) is 4.79 Å². The van der Waals surface area contributed by atoms with Gasteiger partial charge in [0.25, 0.3) is 5.91 Å². The van der Waals surface area contributed by atoms with E-state index in [0.717, 1.165) is 17.6 Å². The van der Waals surface area contributed by atoms with Crippen molar-refractivity contribution in [3.05, 3.63) is 20.3 Å². The normalized spacial score (nSPS) is 12.5. The lowest BCUT2D eigenvalue weighted by Crippen LogP contribution is -2.47. The Bertz CT molecular complexity index is 603.